The molecule has 6 heteroatoms. The van der Waals surface area contributed by atoms with Crippen LogP contribution in [0.3, 0.4) is 0 Å². The van der Waals surface area contributed by atoms with Gasteiger partial charge in [0.2, 0.25) is 0 Å². The molecule has 0 amide bonds. The maximum atomic E-state index is 12.8. The number of carboxylic acid groups (broad SMARTS) is 1. The number of nitrogens with zero attached hydrogens (tertiary/aromatic N) is 1. The Morgan fingerprint density at radius 2 is 1.46 bits per heavy atom. The van der Waals surface area contributed by atoms with Crippen LogP contribution in [-0.4, -0.2) is 25.2 Å². The Labute approximate surface area is 149 Å². The van der Waals surface area contributed by atoms with E-state index >= 15 is 0 Å². The predicted octanol–water partition coefficient (Wildman–Crippen LogP) is 4.84. The number of carboxylic acids is 1. The quantitative estimate of drug-likeness (QED) is 0.612. The van der Waals surface area contributed by atoms with Gasteiger partial charge in [0.25, 0.3) is 0 Å². The van der Waals surface area contributed by atoms with E-state index in [0.717, 1.165) is 29.5 Å². The summed E-state index contributed by atoms with van der Waals surface area (Å²) in [7, 11) is 3.80. The summed E-state index contributed by atoms with van der Waals surface area (Å²) in [5, 5.41) is 8.74. The summed E-state index contributed by atoms with van der Waals surface area (Å²) in [6.07, 6.45) is -0.506. The molecule has 2 rings (SSSR count). The van der Waals surface area contributed by atoms with E-state index in [0.29, 0.717) is 11.1 Å². The minimum absolute atomic E-state index is 0.561. The van der Waals surface area contributed by atoms with Crippen LogP contribution in [0.1, 0.15) is 16.7 Å². The normalized spacial score (nSPS) is 12.4. The molecule has 0 aliphatic rings. The van der Waals surface area contributed by atoms with Gasteiger partial charge in [-0.25, -0.2) is 4.79 Å². The van der Waals surface area contributed by atoms with Crippen molar-refractivity contribution in [1.29, 1.82) is 0 Å². The second-order valence-corrected chi connectivity index (χ2v) is 5.79. The molecule has 136 valence electrons. The van der Waals surface area contributed by atoms with Gasteiger partial charge in [-0.1, -0.05) is 36.4 Å². The summed E-state index contributed by atoms with van der Waals surface area (Å²) < 4.78 is 38.3. The van der Waals surface area contributed by atoms with Crippen LogP contribution in [0.15, 0.2) is 66.8 Å². The lowest BCUT2D eigenvalue weighted by molar-refractivity contribution is -0.137. The van der Waals surface area contributed by atoms with Crippen LogP contribution < -0.4 is 4.90 Å². The van der Waals surface area contributed by atoms with Gasteiger partial charge < -0.3 is 10.0 Å². The maximum Gasteiger partial charge on any atom is 0.416 e. The standard InChI is InChI=1S/C20H18F3NO2/c1-24(2)17-12-8-15(9-13-17)18(4-3-5-19(25)26)14-6-10-16(11-7-14)20(21,22)23/h3-13H,1-2H3,(H,25,26)/b5-3+,18-4-. The largest absolute Gasteiger partial charge is 0.478 e. The zero-order valence-electron chi connectivity index (χ0n) is 14.3. The zero-order chi connectivity index (χ0) is 19.3. The van der Waals surface area contributed by atoms with Crippen molar-refractivity contribution in [3.63, 3.8) is 0 Å². The Morgan fingerprint density at radius 3 is 1.88 bits per heavy atom. The molecule has 0 fully saturated rings. The number of anilines is 1. The third-order valence-corrected chi connectivity index (χ3v) is 3.72. The van der Waals surface area contributed by atoms with Crippen LogP contribution in [-0.2, 0) is 11.0 Å². The van der Waals surface area contributed by atoms with Crippen LogP contribution in [0.5, 0.6) is 0 Å². The summed E-state index contributed by atoms with van der Waals surface area (Å²) in [5.41, 5.74) is 2.20. The van der Waals surface area contributed by atoms with Crippen molar-refractivity contribution in [3.05, 3.63) is 83.4 Å². The van der Waals surface area contributed by atoms with E-state index in [1.165, 1.54) is 18.2 Å². The van der Waals surface area contributed by atoms with E-state index in [1.54, 1.807) is 6.08 Å². The molecule has 0 bridgehead atoms. The fraction of sp³-hybridized carbons (Fsp3) is 0.150. The summed E-state index contributed by atoms with van der Waals surface area (Å²) in [6.45, 7) is 0. The summed E-state index contributed by atoms with van der Waals surface area (Å²) >= 11 is 0. The van der Waals surface area contributed by atoms with Crippen LogP contribution in [0, 0.1) is 0 Å². The van der Waals surface area contributed by atoms with Crippen molar-refractivity contribution >= 4 is 17.2 Å². The van der Waals surface area contributed by atoms with Gasteiger partial charge in [-0.05, 0) is 41.0 Å². The Balaban J connectivity index is 2.46. The molecule has 0 radical (unpaired) electrons. The van der Waals surface area contributed by atoms with Crippen molar-refractivity contribution in [2.45, 2.75) is 6.18 Å². The van der Waals surface area contributed by atoms with Gasteiger partial charge in [-0.2, -0.15) is 13.2 Å². The van der Waals surface area contributed by atoms with Gasteiger partial charge in [0, 0.05) is 25.9 Å². The van der Waals surface area contributed by atoms with E-state index < -0.39 is 17.7 Å². The van der Waals surface area contributed by atoms with Crippen LogP contribution in [0.4, 0.5) is 18.9 Å². The molecule has 2 aromatic carbocycles. The van der Waals surface area contributed by atoms with Gasteiger partial charge in [-0.15, -0.1) is 0 Å². The number of rotatable bonds is 5. The highest BCUT2D eigenvalue weighted by atomic mass is 19.4. The molecule has 1 N–H and O–H groups in total. The minimum Gasteiger partial charge on any atom is -0.478 e. The molecule has 26 heavy (non-hydrogen) atoms. The lowest BCUT2D eigenvalue weighted by Gasteiger charge is -2.14. The molecular formula is C20H18F3NO2. The molecule has 3 nitrogen and oxygen atoms in total. The molecule has 0 unspecified atom stereocenters. The first-order chi connectivity index (χ1) is 12.2. The number of aliphatic carboxylic acids is 1. The van der Waals surface area contributed by atoms with E-state index in [-0.39, 0.29) is 0 Å². The van der Waals surface area contributed by atoms with Gasteiger partial charge in [0.15, 0.2) is 0 Å². The van der Waals surface area contributed by atoms with E-state index in [9.17, 15) is 18.0 Å². The highest BCUT2D eigenvalue weighted by molar-refractivity contribution is 5.84. The molecule has 0 aliphatic carbocycles. The van der Waals surface area contributed by atoms with Crippen molar-refractivity contribution in [2.24, 2.45) is 0 Å². The number of hydrogen-bond donors (Lipinski definition) is 1. The van der Waals surface area contributed by atoms with Gasteiger partial charge in [0.05, 0.1) is 5.56 Å². The summed E-state index contributed by atoms with van der Waals surface area (Å²) in [4.78, 5) is 12.6. The van der Waals surface area contributed by atoms with E-state index in [2.05, 4.69) is 0 Å². The second kappa shape index (κ2) is 7.91. The molecule has 0 saturated carbocycles. The average molecular weight is 361 g/mol. The van der Waals surface area contributed by atoms with E-state index in [4.69, 9.17) is 5.11 Å². The SMILES string of the molecule is CN(C)c1ccc(/C(=C\C=C\C(=O)O)c2ccc(C(F)(F)F)cc2)cc1. The summed E-state index contributed by atoms with van der Waals surface area (Å²) in [6, 6.07) is 12.2. The molecule has 0 saturated heterocycles. The Morgan fingerprint density at radius 1 is 0.962 bits per heavy atom. The smallest absolute Gasteiger partial charge is 0.416 e. The van der Waals surface area contributed by atoms with Crippen molar-refractivity contribution in [3.8, 4) is 0 Å². The molecule has 2 aromatic rings. The fourth-order valence-corrected chi connectivity index (χ4v) is 2.36. The lowest BCUT2D eigenvalue weighted by atomic mass is 9.96. The van der Waals surface area contributed by atoms with Crippen LogP contribution >= 0.6 is 0 Å². The molecule has 0 heterocycles. The summed E-state index contributed by atoms with van der Waals surface area (Å²) in [5.74, 6) is -1.10. The number of carbonyl (C=O) groups is 1. The first-order valence-electron chi connectivity index (χ1n) is 7.75. The minimum atomic E-state index is -4.40. The number of halogens is 3. The number of benzene rings is 2. The number of allylic oxidation sites excluding steroid dienone is 2. The van der Waals surface area contributed by atoms with Gasteiger partial charge >= 0.3 is 12.1 Å². The van der Waals surface area contributed by atoms with Crippen molar-refractivity contribution < 1.29 is 23.1 Å². The lowest BCUT2D eigenvalue weighted by Crippen LogP contribution is -2.08. The highest BCUT2D eigenvalue weighted by Gasteiger charge is 2.30. The number of hydrogen-bond acceptors (Lipinski definition) is 2. The topological polar surface area (TPSA) is 40.5 Å². The third kappa shape index (κ3) is 4.99. The van der Waals surface area contributed by atoms with Crippen LogP contribution in [0.2, 0.25) is 0 Å². The monoisotopic (exact) mass is 361 g/mol. The van der Waals surface area contributed by atoms with Gasteiger partial charge in [-0.3, -0.25) is 0 Å². The first kappa shape index (κ1) is 19.3. The highest BCUT2D eigenvalue weighted by Crippen LogP contribution is 2.31. The molecule has 0 aliphatic heterocycles. The Hall–Kier alpha value is -3.02. The average Bonchev–Trinajstić information content (AvgIpc) is 2.58. The van der Waals surface area contributed by atoms with Crippen LogP contribution in [0.25, 0.3) is 5.57 Å². The molecule has 0 atom stereocenters. The first-order valence-corrected chi connectivity index (χ1v) is 7.75. The fourth-order valence-electron chi connectivity index (χ4n) is 2.36. The van der Waals surface area contributed by atoms with Crippen molar-refractivity contribution in [1.82, 2.24) is 0 Å². The molecule has 0 spiro atoms. The van der Waals surface area contributed by atoms with Crippen molar-refractivity contribution in [2.75, 3.05) is 19.0 Å². The third-order valence-electron chi connectivity index (χ3n) is 3.72. The molecule has 0 aromatic heterocycles. The Kier molecular flexibility index (Phi) is 5.87. The van der Waals surface area contributed by atoms with Gasteiger partial charge in [0.1, 0.15) is 0 Å². The predicted molar refractivity (Wildman–Crippen MR) is 96.1 cm³/mol. The van der Waals surface area contributed by atoms with E-state index in [1.807, 2.05) is 43.3 Å². The zero-order valence-corrected chi connectivity index (χ0v) is 14.3. The second-order valence-electron chi connectivity index (χ2n) is 5.79. The molecular weight excluding hydrogens is 343 g/mol. The number of alkyl halides is 3. The maximum absolute atomic E-state index is 12.8. The Bertz CT molecular complexity index is 818.